The van der Waals surface area contributed by atoms with Crippen LogP contribution in [0.3, 0.4) is 0 Å². The van der Waals surface area contributed by atoms with Gasteiger partial charge in [0.2, 0.25) is 10.0 Å². The van der Waals surface area contributed by atoms with E-state index in [1.165, 1.54) is 15.3 Å². The van der Waals surface area contributed by atoms with Crippen molar-refractivity contribution in [2.75, 3.05) is 33.4 Å². The quantitative estimate of drug-likeness (QED) is 0.689. The van der Waals surface area contributed by atoms with Gasteiger partial charge in [0.05, 0.1) is 28.2 Å². The number of nitrogens with zero attached hydrogens (tertiary/aromatic N) is 2. The number of benzene rings is 2. The molecule has 3 rings (SSSR count). The van der Waals surface area contributed by atoms with Gasteiger partial charge in [0.15, 0.2) is 0 Å². The summed E-state index contributed by atoms with van der Waals surface area (Å²) in [6.45, 7) is 3.37. The van der Waals surface area contributed by atoms with Crippen molar-refractivity contribution in [1.29, 1.82) is 0 Å². The van der Waals surface area contributed by atoms with Crippen molar-refractivity contribution in [3.05, 3.63) is 63.1 Å². The molecule has 1 aliphatic rings. The fourth-order valence-corrected chi connectivity index (χ4v) is 5.12. The molecule has 1 fully saturated rings. The van der Waals surface area contributed by atoms with Gasteiger partial charge in [0.25, 0.3) is 5.91 Å². The summed E-state index contributed by atoms with van der Waals surface area (Å²) in [6, 6.07) is 9.93. The van der Waals surface area contributed by atoms with Gasteiger partial charge in [-0.05, 0) is 42.3 Å². The third-order valence-electron chi connectivity index (χ3n) is 4.77. The van der Waals surface area contributed by atoms with Crippen LogP contribution in [-0.2, 0) is 21.3 Å². The zero-order chi connectivity index (χ0) is 21.2. The molecule has 0 aromatic heterocycles. The predicted molar refractivity (Wildman–Crippen MR) is 113 cm³/mol. The Morgan fingerprint density at radius 2 is 1.79 bits per heavy atom. The Bertz CT molecular complexity index is 1020. The highest BCUT2D eigenvalue weighted by molar-refractivity contribution is 7.89. The van der Waals surface area contributed by atoms with E-state index >= 15 is 0 Å². The predicted octanol–water partition coefficient (Wildman–Crippen LogP) is 3.59. The number of rotatable bonds is 5. The molecule has 2 aromatic rings. The number of hydrogen-bond donors (Lipinski definition) is 0. The van der Waals surface area contributed by atoms with Gasteiger partial charge < -0.3 is 9.64 Å². The number of halogens is 2. The molecule has 9 heteroatoms. The van der Waals surface area contributed by atoms with Crippen molar-refractivity contribution in [3.63, 3.8) is 0 Å². The van der Waals surface area contributed by atoms with Crippen LogP contribution in [0.1, 0.15) is 21.5 Å². The lowest BCUT2D eigenvalue weighted by atomic mass is 10.1. The average molecular weight is 457 g/mol. The van der Waals surface area contributed by atoms with E-state index in [0.717, 1.165) is 5.56 Å². The van der Waals surface area contributed by atoms with E-state index in [1.54, 1.807) is 44.3 Å². The van der Waals surface area contributed by atoms with E-state index in [0.29, 0.717) is 54.0 Å². The molecular weight excluding hydrogens is 435 g/mol. The fraction of sp³-hybridized carbons (Fsp3) is 0.350. The van der Waals surface area contributed by atoms with E-state index < -0.39 is 10.0 Å². The van der Waals surface area contributed by atoms with Crippen LogP contribution in [0, 0.1) is 6.92 Å². The highest BCUT2D eigenvalue weighted by atomic mass is 35.5. The third kappa shape index (κ3) is 4.92. The highest BCUT2D eigenvalue weighted by Gasteiger charge is 2.28. The zero-order valence-electron chi connectivity index (χ0n) is 16.2. The average Bonchev–Trinajstić information content (AvgIpc) is 2.71. The molecule has 0 bridgehead atoms. The van der Waals surface area contributed by atoms with Crippen LogP contribution in [0.15, 0.2) is 41.3 Å². The largest absolute Gasteiger partial charge is 0.379 e. The second kappa shape index (κ2) is 9.02. The number of amides is 1. The van der Waals surface area contributed by atoms with Gasteiger partial charge in [0.1, 0.15) is 0 Å². The van der Waals surface area contributed by atoms with Crippen molar-refractivity contribution >= 4 is 39.1 Å². The minimum absolute atomic E-state index is 0.146. The van der Waals surface area contributed by atoms with Gasteiger partial charge >= 0.3 is 0 Å². The molecule has 1 aliphatic heterocycles. The molecule has 0 atom stereocenters. The summed E-state index contributed by atoms with van der Waals surface area (Å²) in [5.41, 5.74) is 1.73. The van der Waals surface area contributed by atoms with Crippen LogP contribution >= 0.6 is 23.2 Å². The first kappa shape index (κ1) is 22.1. The van der Waals surface area contributed by atoms with Crippen LogP contribution < -0.4 is 0 Å². The van der Waals surface area contributed by atoms with E-state index in [4.69, 9.17) is 27.9 Å². The summed E-state index contributed by atoms with van der Waals surface area (Å²) in [7, 11) is -2.04. The number of hydrogen-bond acceptors (Lipinski definition) is 4. The number of aryl methyl sites for hydroxylation is 1. The number of morpholine rings is 1. The molecular formula is C20H22Cl2N2O4S. The van der Waals surface area contributed by atoms with Crippen molar-refractivity contribution in [3.8, 4) is 0 Å². The minimum Gasteiger partial charge on any atom is -0.379 e. The number of carbonyl (C=O) groups excluding carboxylic acids is 1. The molecule has 1 amide bonds. The summed E-state index contributed by atoms with van der Waals surface area (Å²) in [4.78, 5) is 14.6. The van der Waals surface area contributed by atoms with Crippen molar-refractivity contribution < 1.29 is 17.9 Å². The first-order valence-corrected chi connectivity index (χ1v) is 11.3. The summed E-state index contributed by atoms with van der Waals surface area (Å²) in [5.74, 6) is -0.283. The standard InChI is InChI=1S/C20H22Cl2N2O4S/c1-14-3-5-16(12-19(14)29(26,27)24-7-9-28-10-8-24)20(25)23(2)13-15-4-6-17(21)18(22)11-15/h3-6,11-12H,7-10,13H2,1-2H3. The van der Waals surface area contributed by atoms with Gasteiger partial charge in [-0.15, -0.1) is 0 Å². The molecule has 29 heavy (non-hydrogen) atoms. The van der Waals surface area contributed by atoms with Gasteiger partial charge in [-0.2, -0.15) is 4.31 Å². The number of sulfonamides is 1. The molecule has 0 aliphatic carbocycles. The third-order valence-corrected chi connectivity index (χ3v) is 7.55. The SMILES string of the molecule is Cc1ccc(C(=O)N(C)Cc2ccc(Cl)c(Cl)c2)cc1S(=O)(=O)N1CCOCC1. The van der Waals surface area contributed by atoms with E-state index in [9.17, 15) is 13.2 Å². The molecule has 2 aromatic carbocycles. The lowest BCUT2D eigenvalue weighted by molar-refractivity contribution is 0.0730. The Kier molecular flexibility index (Phi) is 6.86. The van der Waals surface area contributed by atoms with Crippen LogP contribution in [0.5, 0.6) is 0 Å². The second-order valence-electron chi connectivity index (χ2n) is 6.91. The fourth-order valence-electron chi connectivity index (χ4n) is 3.14. The molecule has 6 nitrogen and oxygen atoms in total. The van der Waals surface area contributed by atoms with Crippen LogP contribution in [0.25, 0.3) is 0 Å². The summed E-state index contributed by atoms with van der Waals surface area (Å²) in [6.07, 6.45) is 0. The summed E-state index contributed by atoms with van der Waals surface area (Å²) < 4.78 is 32.7. The Morgan fingerprint density at radius 1 is 1.10 bits per heavy atom. The van der Waals surface area contributed by atoms with Crippen LogP contribution in [0.4, 0.5) is 0 Å². The monoisotopic (exact) mass is 456 g/mol. The van der Waals surface area contributed by atoms with Crippen molar-refractivity contribution in [2.24, 2.45) is 0 Å². The molecule has 1 saturated heterocycles. The summed E-state index contributed by atoms with van der Waals surface area (Å²) >= 11 is 12.0. The van der Waals surface area contributed by atoms with Crippen molar-refractivity contribution in [1.82, 2.24) is 9.21 Å². The zero-order valence-corrected chi connectivity index (χ0v) is 18.5. The lowest BCUT2D eigenvalue weighted by Gasteiger charge is -2.27. The normalized spacial score (nSPS) is 15.3. The highest BCUT2D eigenvalue weighted by Crippen LogP contribution is 2.25. The van der Waals surface area contributed by atoms with Crippen LogP contribution in [0.2, 0.25) is 10.0 Å². The van der Waals surface area contributed by atoms with Crippen molar-refractivity contribution in [2.45, 2.75) is 18.4 Å². The second-order valence-corrected chi connectivity index (χ2v) is 9.63. The Morgan fingerprint density at radius 3 is 2.45 bits per heavy atom. The van der Waals surface area contributed by atoms with E-state index in [1.807, 2.05) is 0 Å². The van der Waals surface area contributed by atoms with Crippen LogP contribution in [-0.4, -0.2) is 56.9 Å². The van der Waals surface area contributed by atoms with E-state index in [2.05, 4.69) is 0 Å². The Balaban J connectivity index is 1.84. The molecule has 1 heterocycles. The number of ether oxygens (including phenoxy) is 1. The van der Waals surface area contributed by atoms with E-state index in [-0.39, 0.29) is 10.8 Å². The summed E-state index contributed by atoms with van der Waals surface area (Å²) in [5, 5.41) is 0.861. The molecule has 0 radical (unpaired) electrons. The topological polar surface area (TPSA) is 66.9 Å². The maximum atomic E-state index is 13.0. The first-order chi connectivity index (χ1) is 13.7. The number of carbonyl (C=O) groups is 1. The first-order valence-electron chi connectivity index (χ1n) is 9.08. The Hall–Kier alpha value is -1.64. The van der Waals surface area contributed by atoms with Gasteiger partial charge in [-0.1, -0.05) is 35.3 Å². The lowest BCUT2D eigenvalue weighted by Crippen LogP contribution is -2.41. The molecule has 0 spiro atoms. The minimum atomic E-state index is -3.69. The maximum Gasteiger partial charge on any atom is 0.253 e. The molecule has 0 saturated carbocycles. The van der Waals surface area contributed by atoms with Gasteiger partial charge in [-0.3, -0.25) is 4.79 Å². The molecule has 156 valence electrons. The van der Waals surface area contributed by atoms with Gasteiger partial charge in [0, 0.05) is 32.2 Å². The van der Waals surface area contributed by atoms with Gasteiger partial charge in [-0.25, -0.2) is 8.42 Å². The smallest absolute Gasteiger partial charge is 0.253 e. The molecule has 0 unspecified atom stereocenters. The maximum absolute atomic E-state index is 13.0. The Labute approximate surface area is 181 Å². The molecule has 0 N–H and O–H groups in total.